The van der Waals surface area contributed by atoms with Gasteiger partial charge in [-0.05, 0) is 149 Å². The average molecular weight is 889 g/mol. The summed E-state index contributed by atoms with van der Waals surface area (Å²) >= 11 is 0. The third-order valence-electron chi connectivity index (χ3n) is 14.5. The Morgan fingerprint density at radius 3 is 0.900 bits per heavy atom. The molecule has 2 nitrogen and oxygen atoms in total. The Morgan fingerprint density at radius 2 is 0.500 bits per heavy atom. The van der Waals surface area contributed by atoms with Crippen LogP contribution in [0.3, 0.4) is 0 Å². The summed E-state index contributed by atoms with van der Waals surface area (Å²) in [6.45, 7) is 0. The van der Waals surface area contributed by atoms with E-state index in [1.165, 1.54) is 88.3 Å². The second-order valence-corrected chi connectivity index (χ2v) is 18.4. The lowest BCUT2D eigenvalue weighted by Crippen LogP contribution is -2.11. The number of nitrogens with zero attached hydrogens (tertiary/aromatic N) is 2. The zero-order valence-electron chi connectivity index (χ0n) is 38.3. The predicted octanol–water partition coefficient (Wildman–Crippen LogP) is 19.2. The lowest BCUT2D eigenvalue weighted by molar-refractivity contribution is 1.29. The van der Waals surface area contributed by atoms with Gasteiger partial charge in [0.2, 0.25) is 0 Å². The Morgan fingerprint density at radius 1 is 0.186 bits per heavy atom. The first-order valence-electron chi connectivity index (χ1n) is 24.2. The van der Waals surface area contributed by atoms with E-state index >= 15 is 0 Å². The monoisotopic (exact) mass is 888 g/mol. The van der Waals surface area contributed by atoms with Crippen LogP contribution < -0.4 is 9.80 Å². The lowest BCUT2D eigenvalue weighted by atomic mass is 9.98. The Labute approximate surface area is 408 Å². The van der Waals surface area contributed by atoms with E-state index in [0.717, 1.165) is 45.3 Å². The van der Waals surface area contributed by atoms with Gasteiger partial charge in [-0.2, -0.15) is 0 Å². The molecule has 0 atom stereocenters. The lowest BCUT2D eigenvalue weighted by Gasteiger charge is -2.28. The summed E-state index contributed by atoms with van der Waals surface area (Å²) in [5.74, 6) is 0. The molecule has 0 saturated heterocycles. The van der Waals surface area contributed by atoms with Gasteiger partial charge in [0.05, 0.1) is 11.4 Å². The summed E-state index contributed by atoms with van der Waals surface area (Å²) < 4.78 is 0. The van der Waals surface area contributed by atoms with Crippen molar-refractivity contribution >= 4 is 55.7 Å². The highest BCUT2D eigenvalue weighted by Crippen LogP contribution is 2.53. The molecular formula is C68H44N2. The molecular weight excluding hydrogens is 845 g/mol. The first kappa shape index (κ1) is 39.9. The van der Waals surface area contributed by atoms with Crippen molar-refractivity contribution in [3.8, 4) is 77.9 Å². The molecule has 0 radical (unpaired) electrons. The van der Waals surface area contributed by atoms with Crippen molar-refractivity contribution in [1.82, 2.24) is 0 Å². The third-order valence-corrected chi connectivity index (χ3v) is 14.5. The number of hydrogen-bond donors (Lipinski definition) is 0. The fourth-order valence-electron chi connectivity index (χ4n) is 11.3. The van der Waals surface area contributed by atoms with Crippen molar-refractivity contribution in [1.29, 1.82) is 0 Å². The Kier molecular flexibility index (Phi) is 9.25. The maximum Gasteiger partial charge on any atom is 0.0540 e. The normalized spacial score (nSPS) is 11.7. The van der Waals surface area contributed by atoms with Crippen LogP contribution in [0.15, 0.2) is 267 Å². The van der Waals surface area contributed by atoms with Crippen LogP contribution in [0.2, 0.25) is 0 Å². The van der Waals surface area contributed by atoms with Gasteiger partial charge in [-0.15, -0.1) is 0 Å². The summed E-state index contributed by atoms with van der Waals surface area (Å²) in [4.78, 5) is 4.87. The fraction of sp³-hybridized carbons (Fsp3) is 0. The Hall–Kier alpha value is -9.24. The summed E-state index contributed by atoms with van der Waals surface area (Å²) in [7, 11) is 0. The molecule has 0 heterocycles. The highest BCUT2D eigenvalue weighted by Gasteiger charge is 2.27. The highest BCUT2D eigenvalue weighted by atomic mass is 15.1. The number of fused-ring (bicyclic) bond motifs is 6. The van der Waals surface area contributed by atoms with E-state index in [1.54, 1.807) is 0 Å². The number of hydrogen-bond acceptors (Lipinski definition) is 2. The molecule has 0 unspecified atom stereocenters. The molecule has 2 aliphatic carbocycles. The van der Waals surface area contributed by atoms with E-state index in [0.29, 0.717) is 0 Å². The first-order chi connectivity index (χ1) is 34.7. The number of rotatable bonds is 9. The smallest absolute Gasteiger partial charge is 0.0540 e. The molecule has 0 N–H and O–H groups in total. The summed E-state index contributed by atoms with van der Waals surface area (Å²) in [5.41, 5.74) is 24.2. The van der Waals surface area contributed by atoms with E-state index < -0.39 is 0 Å². The zero-order chi connectivity index (χ0) is 46.1. The van der Waals surface area contributed by atoms with Gasteiger partial charge in [0.1, 0.15) is 0 Å². The standard InChI is InChI=1S/C68H44N2/c1-3-15-45(16-4-1)49-19-11-21-53(43-49)69(65-41-39-61-57-25-9-7-23-55(57)59-27-13-29-63(65)67(59)61)51-35-31-47(32-36-51)48-33-37-52(38-34-48)70(54-22-12-20-50(44-54)46-17-5-2-6-18-46)66-42-40-62-58-26-10-8-24-56(58)60-28-14-30-64(66)68(60)62/h1-44H. The van der Waals surface area contributed by atoms with E-state index in [-0.39, 0.29) is 0 Å². The van der Waals surface area contributed by atoms with E-state index in [1.807, 2.05) is 0 Å². The molecule has 326 valence electrons. The van der Waals surface area contributed by atoms with Crippen molar-refractivity contribution in [3.05, 3.63) is 267 Å². The van der Waals surface area contributed by atoms with Crippen LogP contribution in [-0.4, -0.2) is 0 Å². The average Bonchev–Trinajstić information content (AvgIpc) is 3.95. The molecule has 0 bridgehead atoms. The minimum atomic E-state index is 1.10. The van der Waals surface area contributed by atoms with Gasteiger partial charge in [0, 0.05) is 33.5 Å². The van der Waals surface area contributed by atoms with Crippen molar-refractivity contribution in [2.75, 3.05) is 9.80 Å². The number of benzene rings is 12. The van der Waals surface area contributed by atoms with Crippen LogP contribution in [0, 0.1) is 0 Å². The summed E-state index contributed by atoms with van der Waals surface area (Å²) in [6, 6.07) is 97.9. The van der Waals surface area contributed by atoms with Crippen LogP contribution in [0.1, 0.15) is 0 Å². The molecule has 12 aromatic rings. The largest absolute Gasteiger partial charge is 0.310 e. The van der Waals surface area contributed by atoms with Gasteiger partial charge >= 0.3 is 0 Å². The van der Waals surface area contributed by atoms with Gasteiger partial charge in [-0.25, -0.2) is 0 Å². The van der Waals surface area contributed by atoms with Crippen LogP contribution in [0.4, 0.5) is 34.1 Å². The van der Waals surface area contributed by atoms with Crippen LogP contribution >= 0.6 is 0 Å². The second kappa shape index (κ2) is 16.2. The SMILES string of the molecule is c1ccc(-c2cccc(N(c3ccc(-c4ccc(N(c5cccc(-c6ccccc6)c5)c5ccc6c7c(cccc57)-c5ccccc5-6)cc4)cc3)c3ccc4c5c(cccc35)-c3ccccc3-4)c2)cc1. The molecule has 2 aliphatic rings. The van der Waals surface area contributed by atoms with Crippen LogP contribution in [0.5, 0.6) is 0 Å². The predicted molar refractivity (Wildman–Crippen MR) is 296 cm³/mol. The molecule has 0 saturated carbocycles. The molecule has 0 spiro atoms. The topological polar surface area (TPSA) is 6.48 Å². The minimum absolute atomic E-state index is 1.10. The second-order valence-electron chi connectivity index (χ2n) is 18.4. The van der Waals surface area contributed by atoms with Gasteiger partial charge in [0.25, 0.3) is 0 Å². The van der Waals surface area contributed by atoms with Gasteiger partial charge in [-0.1, -0.05) is 206 Å². The van der Waals surface area contributed by atoms with Crippen molar-refractivity contribution < 1.29 is 0 Å². The molecule has 2 heteroatoms. The molecule has 0 aliphatic heterocycles. The van der Waals surface area contributed by atoms with E-state index in [4.69, 9.17) is 0 Å². The van der Waals surface area contributed by atoms with Gasteiger partial charge in [-0.3, -0.25) is 0 Å². The maximum absolute atomic E-state index is 2.43. The molecule has 0 aromatic heterocycles. The summed E-state index contributed by atoms with van der Waals surface area (Å²) in [6.07, 6.45) is 0. The summed E-state index contributed by atoms with van der Waals surface area (Å²) in [5, 5.41) is 5.09. The number of anilines is 6. The molecule has 12 aromatic carbocycles. The van der Waals surface area contributed by atoms with Crippen molar-refractivity contribution in [3.63, 3.8) is 0 Å². The van der Waals surface area contributed by atoms with Gasteiger partial charge < -0.3 is 9.80 Å². The molecule has 70 heavy (non-hydrogen) atoms. The van der Waals surface area contributed by atoms with E-state index in [9.17, 15) is 0 Å². The maximum atomic E-state index is 2.43. The molecule has 0 amide bonds. The Bertz CT molecular complexity index is 3660. The molecule has 14 rings (SSSR count). The Balaban J connectivity index is 0.868. The van der Waals surface area contributed by atoms with Crippen LogP contribution in [-0.2, 0) is 0 Å². The van der Waals surface area contributed by atoms with Gasteiger partial charge in [0.15, 0.2) is 0 Å². The third kappa shape index (κ3) is 6.42. The molecule has 0 fully saturated rings. The zero-order valence-corrected chi connectivity index (χ0v) is 38.3. The van der Waals surface area contributed by atoms with Crippen LogP contribution in [0.25, 0.3) is 99.4 Å². The van der Waals surface area contributed by atoms with Crippen molar-refractivity contribution in [2.24, 2.45) is 0 Å². The highest BCUT2D eigenvalue weighted by molar-refractivity contribution is 6.20. The van der Waals surface area contributed by atoms with Crippen molar-refractivity contribution in [2.45, 2.75) is 0 Å². The first-order valence-corrected chi connectivity index (χ1v) is 24.2. The minimum Gasteiger partial charge on any atom is -0.310 e. The quantitative estimate of drug-likeness (QED) is 0.142. The fourth-order valence-corrected chi connectivity index (χ4v) is 11.3. The van der Waals surface area contributed by atoms with E-state index in [2.05, 4.69) is 277 Å².